The van der Waals surface area contributed by atoms with E-state index in [4.69, 9.17) is 11.6 Å². The molecule has 1 fully saturated rings. The van der Waals surface area contributed by atoms with Crippen LogP contribution in [0.5, 0.6) is 0 Å². The lowest BCUT2D eigenvalue weighted by Crippen LogP contribution is -2.20. The fourth-order valence-electron chi connectivity index (χ4n) is 1.70. The molecule has 2 rings (SSSR count). The molecule has 0 radical (unpaired) electrons. The molecule has 0 saturated carbocycles. The Balaban J connectivity index is 2.20. The fraction of sp³-hybridized carbons (Fsp3) is 0.400. The Labute approximate surface area is 82.5 Å². The summed E-state index contributed by atoms with van der Waals surface area (Å²) in [5.41, 5.74) is 1.11. The largest absolute Gasteiger partial charge is 0.391 e. The molecular formula is C10H12ClNO. The second kappa shape index (κ2) is 3.66. The van der Waals surface area contributed by atoms with Crippen molar-refractivity contribution in [3.05, 3.63) is 34.9 Å². The summed E-state index contributed by atoms with van der Waals surface area (Å²) in [5, 5.41) is 13.6. The first-order valence-electron chi connectivity index (χ1n) is 4.44. The van der Waals surface area contributed by atoms with E-state index in [1.165, 1.54) is 0 Å². The predicted molar refractivity (Wildman–Crippen MR) is 52.8 cm³/mol. The van der Waals surface area contributed by atoms with Gasteiger partial charge in [0.1, 0.15) is 0 Å². The van der Waals surface area contributed by atoms with Gasteiger partial charge >= 0.3 is 0 Å². The van der Waals surface area contributed by atoms with Gasteiger partial charge in [0.05, 0.1) is 12.1 Å². The van der Waals surface area contributed by atoms with E-state index in [-0.39, 0.29) is 12.1 Å². The number of halogens is 1. The second-order valence-corrected chi connectivity index (χ2v) is 3.78. The predicted octanol–water partition coefficient (Wildman–Crippen LogP) is 1.74. The summed E-state index contributed by atoms with van der Waals surface area (Å²) in [5.74, 6) is 0. The molecule has 1 aliphatic heterocycles. The van der Waals surface area contributed by atoms with Gasteiger partial charge in [-0.05, 0) is 30.7 Å². The maximum absolute atomic E-state index is 9.62. The highest BCUT2D eigenvalue weighted by Crippen LogP contribution is 2.24. The van der Waals surface area contributed by atoms with Gasteiger partial charge in [0, 0.05) is 5.02 Å². The van der Waals surface area contributed by atoms with Gasteiger partial charge in [-0.3, -0.25) is 0 Å². The Morgan fingerprint density at radius 1 is 1.31 bits per heavy atom. The van der Waals surface area contributed by atoms with Crippen molar-refractivity contribution >= 4 is 11.6 Å². The molecule has 0 bridgehead atoms. The van der Waals surface area contributed by atoms with Crippen molar-refractivity contribution in [2.45, 2.75) is 18.6 Å². The van der Waals surface area contributed by atoms with Crippen LogP contribution in [0.3, 0.4) is 0 Å². The Hall–Kier alpha value is -0.570. The molecule has 1 aromatic carbocycles. The molecular weight excluding hydrogens is 186 g/mol. The van der Waals surface area contributed by atoms with Gasteiger partial charge in [0.15, 0.2) is 0 Å². The molecule has 0 aromatic heterocycles. The molecule has 2 unspecified atom stereocenters. The zero-order valence-electron chi connectivity index (χ0n) is 7.20. The Bertz CT molecular complexity index is 285. The summed E-state index contributed by atoms with van der Waals surface area (Å²) < 4.78 is 0. The molecule has 0 amide bonds. The molecule has 2 atom stereocenters. The topological polar surface area (TPSA) is 32.3 Å². The van der Waals surface area contributed by atoms with Crippen LogP contribution in [0.15, 0.2) is 24.3 Å². The van der Waals surface area contributed by atoms with Crippen molar-refractivity contribution in [2.24, 2.45) is 0 Å². The van der Waals surface area contributed by atoms with E-state index in [9.17, 15) is 5.11 Å². The first-order chi connectivity index (χ1) is 6.27. The van der Waals surface area contributed by atoms with E-state index >= 15 is 0 Å². The van der Waals surface area contributed by atoms with E-state index in [1.54, 1.807) is 0 Å². The smallest absolute Gasteiger partial charge is 0.0747 e. The average Bonchev–Trinajstić information content (AvgIpc) is 2.53. The van der Waals surface area contributed by atoms with Crippen LogP contribution in [0.4, 0.5) is 0 Å². The highest BCUT2D eigenvalue weighted by molar-refractivity contribution is 6.30. The first kappa shape index (κ1) is 9.00. The standard InChI is InChI=1S/C10H12ClNO/c11-8-3-1-7(2-4-8)10-9(13)5-6-12-10/h1-4,9-10,12-13H,5-6H2. The number of hydrogen-bond acceptors (Lipinski definition) is 2. The number of aliphatic hydroxyl groups excluding tert-OH is 1. The molecule has 1 saturated heterocycles. The van der Waals surface area contributed by atoms with Gasteiger partial charge in [-0.25, -0.2) is 0 Å². The van der Waals surface area contributed by atoms with Crippen LogP contribution in [-0.4, -0.2) is 17.8 Å². The van der Waals surface area contributed by atoms with Crippen molar-refractivity contribution in [1.82, 2.24) is 5.32 Å². The monoisotopic (exact) mass is 197 g/mol. The normalized spacial score (nSPS) is 27.8. The lowest BCUT2D eigenvalue weighted by Gasteiger charge is -2.14. The fourth-order valence-corrected chi connectivity index (χ4v) is 1.83. The van der Waals surface area contributed by atoms with Crippen molar-refractivity contribution in [3.63, 3.8) is 0 Å². The minimum atomic E-state index is -0.263. The summed E-state index contributed by atoms with van der Waals surface area (Å²) in [6.45, 7) is 0.883. The Morgan fingerprint density at radius 2 is 2.00 bits per heavy atom. The van der Waals surface area contributed by atoms with Crippen LogP contribution >= 0.6 is 11.6 Å². The number of aliphatic hydroxyl groups is 1. The summed E-state index contributed by atoms with van der Waals surface area (Å²) >= 11 is 5.77. The summed E-state index contributed by atoms with van der Waals surface area (Å²) in [4.78, 5) is 0. The Kier molecular flexibility index (Phi) is 2.54. The van der Waals surface area contributed by atoms with E-state index in [0.29, 0.717) is 0 Å². The van der Waals surface area contributed by atoms with Gasteiger partial charge in [0.2, 0.25) is 0 Å². The number of hydrogen-bond donors (Lipinski definition) is 2. The minimum Gasteiger partial charge on any atom is -0.391 e. The van der Waals surface area contributed by atoms with Gasteiger partial charge in [-0.15, -0.1) is 0 Å². The summed E-state index contributed by atoms with van der Waals surface area (Å²) in [6.07, 6.45) is 0.564. The van der Waals surface area contributed by atoms with Gasteiger partial charge in [0.25, 0.3) is 0 Å². The quantitative estimate of drug-likeness (QED) is 0.719. The highest BCUT2D eigenvalue weighted by Gasteiger charge is 2.25. The maximum atomic E-state index is 9.62. The number of rotatable bonds is 1. The molecule has 1 aromatic rings. The third-order valence-corrected chi connectivity index (χ3v) is 2.67. The number of nitrogens with one attached hydrogen (secondary N) is 1. The van der Waals surface area contributed by atoms with Crippen LogP contribution in [-0.2, 0) is 0 Å². The van der Waals surface area contributed by atoms with E-state index < -0.39 is 0 Å². The highest BCUT2D eigenvalue weighted by atomic mass is 35.5. The van der Waals surface area contributed by atoms with E-state index in [0.717, 1.165) is 23.6 Å². The third-order valence-electron chi connectivity index (χ3n) is 2.42. The zero-order chi connectivity index (χ0) is 9.26. The second-order valence-electron chi connectivity index (χ2n) is 3.34. The number of benzene rings is 1. The SMILES string of the molecule is OC1CCNC1c1ccc(Cl)cc1. The average molecular weight is 198 g/mol. The molecule has 1 aliphatic rings. The molecule has 2 nitrogen and oxygen atoms in total. The minimum absolute atomic E-state index is 0.0808. The van der Waals surface area contributed by atoms with Gasteiger partial charge in [-0.1, -0.05) is 23.7 Å². The molecule has 13 heavy (non-hydrogen) atoms. The summed E-state index contributed by atoms with van der Waals surface area (Å²) in [6, 6.07) is 7.69. The molecule has 1 heterocycles. The van der Waals surface area contributed by atoms with E-state index in [2.05, 4.69) is 5.32 Å². The van der Waals surface area contributed by atoms with Crippen molar-refractivity contribution in [2.75, 3.05) is 6.54 Å². The zero-order valence-corrected chi connectivity index (χ0v) is 7.96. The van der Waals surface area contributed by atoms with E-state index in [1.807, 2.05) is 24.3 Å². The lowest BCUT2D eigenvalue weighted by atomic mass is 10.0. The van der Waals surface area contributed by atoms with Crippen LogP contribution in [0.25, 0.3) is 0 Å². The van der Waals surface area contributed by atoms with Crippen molar-refractivity contribution < 1.29 is 5.11 Å². The van der Waals surface area contributed by atoms with Gasteiger partial charge < -0.3 is 10.4 Å². The van der Waals surface area contributed by atoms with Crippen molar-refractivity contribution in [1.29, 1.82) is 0 Å². The lowest BCUT2D eigenvalue weighted by molar-refractivity contribution is 0.160. The van der Waals surface area contributed by atoms with Crippen LogP contribution in [0, 0.1) is 0 Å². The van der Waals surface area contributed by atoms with Gasteiger partial charge in [-0.2, -0.15) is 0 Å². The molecule has 3 heteroatoms. The first-order valence-corrected chi connectivity index (χ1v) is 4.82. The third kappa shape index (κ3) is 1.85. The van der Waals surface area contributed by atoms with Crippen LogP contribution in [0.1, 0.15) is 18.0 Å². The molecule has 0 aliphatic carbocycles. The van der Waals surface area contributed by atoms with Crippen LogP contribution in [0.2, 0.25) is 5.02 Å². The summed E-state index contributed by atoms with van der Waals surface area (Å²) in [7, 11) is 0. The molecule has 70 valence electrons. The maximum Gasteiger partial charge on any atom is 0.0747 e. The Morgan fingerprint density at radius 3 is 2.54 bits per heavy atom. The molecule has 2 N–H and O–H groups in total. The van der Waals surface area contributed by atoms with Crippen LogP contribution < -0.4 is 5.32 Å². The van der Waals surface area contributed by atoms with Crippen molar-refractivity contribution in [3.8, 4) is 0 Å². The molecule has 0 spiro atoms.